The third kappa shape index (κ3) is 3.47. The van der Waals surface area contributed by atoms with Crippen molar-refractivity contribution in [1.82, 2.24) is 30.0 Å². The van der Waals surface area contributed by atoms with Gasteiger partial charge in [-0.1, -0.05) is 24.3 Å². The van der Waals surface area contributed by atoms with Gasteiger partial charge in [-0.05, 0) is 25.1 Å². The molecule has 6 rings (SSSR count). The third-order valence-electron chi connectivity index (χ3n) is 6.03. The van der Waals surface area contributed by atoms with Crippen LogP contribution in [0.4, 0.5) is 8.78 Å². The summed E-state index contributed by atoms with van der Waals surface area (Å²) in [6.45, 7) is 2.03. The molecule has 1 aromatic carbocycles. The highest BCUT2D eigenvalue weighted by Crippen LogP contribution is 2.43. The largest absolute Gasteiger partial charge is 0.458 e. The van der Waals surface area contributed by atoms with E-state index in [-0.39, 0.29) is 35.0 Å². The van der Waals surface area contributed by atoms with E-state index in [4.69, 9.17) is 8.83 Å². The Hall–Kier alpha value is -4.41. The Morgan fingerprint density at radius 3 is 2.83 bits per heavy atom. The zero-order valence-electron chi connectivity index (χ0n) is 18.4. The molecule has 35 heavy (non-hydrogen) atoms. The summed E-state index contributed by atoms with van der Waals surface area (Å²) in [6, 6.07) is 10.9. The van der Waals surface area contributed by atoms with E-state index < -0.39 is 18.4 Å². The van der Waals surface area contributed by atoms with Gasteiger partial charge < -0.3 is 18.7 Å². The second-order valence-electron chi connectivity index (χ2n) is 8.17. The highest BCUT2D eigenvalue weighted by atomic mass is 19.3. The monoisotopic (exact) mass is 476 g/mol. The van der Waals surface area contributed by atoms with E-state index in [1.54, 1.807) is 36.4 Å². The number of nitrogens with zero attached hydrogens (tertiary/aromatic N) is 5. The van der Waals surface area contributed by atoms with Crippen molar-refractivity contribution in [1.29, 1.82) is 0 Å². The zero-order chi connectivity index (χ0) is 24.1. The van der Waals surface area contributed by atoms with Crippen molar-refractivity contribution in [2.75, 3.05) is 6.54 Å². The Morgan fingerprint density at radius 2 is 2.00 bits per heavy atom. The van der Waals surface area contributed by atoms with Gasteiger partial charge in [0.2, 0.25) is 0 Å². The number of hydrogen-bond acceptors (Lipinski definition) is 7. The molecule has 5 heterocycles. The molecular weight excluding hydrogens is 458 g/mol. The average Bonchev–Trinajstić information content (AvgIpc) is 3.60. The number of halogens is 2. The first-order valence-electron chi connectivity index (χ1n) is 10.9. The molecule has 0 unspecified atom stereocenters. The van der Waals surface area contributed by atoms with Crippen LogP contribution < -0.4 is 0 Å². The summed E-state index contributed by atoms with van der Waals surface area (Å²) in [5, 5.41) is 8.17. The van der Waals surface area contributed by atoms with Crippen LogP contribution in [0.5, 0.6) is 0 Å². The van der Waals surface area contributed by atoms with E-state index in [2.05, 4.69) is 25.1 Å². The molecule has 0 fully saturated rings. The Labute approximate surface area is 196 Å². The van der Waals surface area contributed by atoms with E-state index in [0.717, 1.165) is 11.4 Å². The van der Waals surface area contributed by atoms with Crippen molar-refractivity contribution in [3.8, 4) is 11.6 Å². The van der Waals surface area contributed by atoms with Crippen LogP contribution in [0.1, 0.15) is 51.6 Å². The normalized spacial score (nSPS) is 15.7. The summed E-state index contributed by atoms with van der Waals surface area (Å²) in [5.74, 6) is -0.844. The van der Waals surface area contributed by atoms with Gasteiger partial charge in [0.05, 0.1) is 17.6 Å². The second-order valence-corrected chi connectivity index (χ2v) is 8.17. The van der Waals surface area contributed by atoms with Gasteiger partial charge in [-0.15, -0.1) is 10.2 Å². The summed E-state index contributed by atoms with van der Waals surface area (Å²) in [4.78, 5) is 26.7. The molecule has 1 aliphatic heterocycles. The van der Waals surface area contributed by atoms with Crippen molar-refractivity contribution in [3.05, 3.63) is 83.1 Å². The Kier molecular flexibility index (Phi) is 4.90. The molecule has 176 valence electrons. The number of furan rings is 1. The predicted molar refractivity (Wildman–Crippen MR) is 119 cm³/mol. The van der Waals surface area contributed by atoms with Gasteiger partial charge in [-0.2, -0.15) is 0 Å². The number of carbonyl (C=O) groups is 1. The van der Waals surface area contributed by atoms with Crippen LogP contribution in [-0.4, -0.2) is 42.5 Å². The zero-order valence-corrected chi connectivity index (χ0v) is 18.4. The summed E-state index contributed by atoms with van der Waals surface area (Å²) in [5.41, 5.74) is 2.40. The maximum atomic E-state index is 14.3. The van der Waals surface area contributed by atoms with Crippen LogP contribution in [0.2, 0.25) is 0 Å². The van der Waals surface area contributed by atoms with Crippen LogP contribution in [0, 0.1) is 6.92 Å². The van der Waals surface area contributed by atoms with Gasteiger partial charge in [-0.25, -0.2) is 18.7 Å². The standard InChI is InChI=1S/C24H18F2N6O3/c1-12-5-4-7-15(29-12)22-30-31-23(35-22)24(33)32-10-9-14-18(28-11-27-14)19(32)20-17(21(25)26)13-6-2-3-8-16(13)34-20/h2-8,11,19,21H,9-10H2,1H3,(H,27,28)/t19-/m0/s1. The molecule has 1 aliphatic rings. The number of H-pyrrole nitrogens is 1. The number of benzene rings is 1. The molecule has 0 saturated heterocycles. The smallest absolute Gasteiger partial charge is 0.312 e. The number of aromatic amines is 1. The third-order valence-corrected chi connectivity index (χ3v) is 6.03. The number of hydrogen-bond donors (Lipinski definition) is 1. The summed E-state index contributed by atoms with van der Waals surface area (Å²) >= 11 is 0. The minimum atomic E-state index is -2.82. The topological polar surface area (TPSA) is 114 Å². The van der Waals surface area contributed by atoms with Crippen LogP contribution in [0.15, 0.2) is 57.6 Å². The predicted octanol–water partition coefficient (Wildman–Crippen LogP) is 4.63. The Bertz CT molecular complexity index is 1560. The number of aryl methyl sites for hydroxylation is 1. The Morgan fingerprint density at radius 1 is 1.14 bits per heavy atom. The van der Waals surface area contributed by atoms with E-state index in [0.29, 0.717) is 23.4 Å². The first-order chi connectivity index (χ1) is 17.0. The average molecular weight is 476 g/mol. The quantitative estimate of drug-likeness (QED) is 0.402. The minimum absolute atomic E-state index is 0.0392. The minimum Gasteiger partial charge on any atom is -0.458 e. The van der Waals surface area contributed by atoms with E-state index >= 15 is 0 Å². The van der Waals surface area contributed by atoms with Crippen molar-refractivity contribution in [2.45, 2.75) is 25.8 Å². The van der Waals surface area contributed by atoms with E-state index in [1.807, 2.05) is 13.0 Å². The fourth-order valence-corrected chi connectivity index (χ4v) is 4.47. The van der Waals surface area contributed by atoms with Crippen LogP contribution in [-0.2, 0) is 6.42 Å². The van der Waals surface area contributed by atoms with Gasteiger partial charge in [0.15, 0.2) is 0 Å². The Balaban J connectivity index is 1.45. The molecule has 4 aromatic heterocycles. The molecule has 1 atom stereocenters. The SMILES string of the molecule is Cc1cccc(-c2nnc(C(=O)N3CCc4[nH]cnc4[C@H]3c3oc4ccccc4c3C(F)F)o2)n1. The molecular formula is C24H18F2N6O3. The summed E-state index contributed by atoms with van der Waals surface area (Å²) in [7, 11) is 0. The molecule has 0 radical (unpaired) electrons. The number of carbonyl (C=O) groups excluding carboxylic acids is 1. The molecule has 0 bridgehead atoms. The fourth-order valence-electron chi connectivity index (χ4n) is 4.47. The number of rotatable bonds is 4. The number of nitrogens with one attached hydrogen (secondary N) is 1. The van der Waals surface area contributed by atoms with Gasteiger partial charge in [0.1, 0.15) is 23.1 Å². The van der Waals surface area contributed by atoms with Crippen molar-refractivity contribution in [2.24, 2.45) is 0 Å². The van der Waals surface area contributed by atoms with E-state index in [1.165, 1.54) is 11.2 Å². The van der Waals surface area contributed by atoms with Gasteiger partial charge in [-0.3, -0.25) is 4.79 Å². The van der Waals surface area contributed by atoms with E-state index in [9.17, 15) is 13.6 Å². The maximum absolute atomic E-state index is 14.3. The number of pyridine rings is 1. The lowest BCUT2D eigenvalue weighted by molar-refractivity contribution is 0.0623. The number of fused-ring (bicyclic) bond motifs is 2. The molecule has 0 saturated carbocycles. The summed E-state index contributed by atoms with van der Waals surface area (Å²) in [6.07, 6.45) is -0.899. The van der Waals surface area contributed by atoms with Gasteiger partial charge in [0, 0.05) is 29.7 Å². The molecule has 1 amide bonds. The highest BCUT2D eigenvalue weighted by Gasteiger charge is 2.41. The molecule has 11 heteroatoms. The summed E-state index contributed by atoms with van der Waals surface area (Å²) < 4.78 is 40.1. The number of aromatic nitrogens is 5. The molecule has 0 aliphatic carbocycles. The maximum Gasteiger partial charge on any atom is 0.312 e. The van der Waals surface area contributed by atoms with Crippen LogP contribution in [0.25, 0.3) is 22.6 Å². The van der Waals surface area contributed by atoms with Crippen molar-refractivity contribution in [3.63, 3.8) is 0 Å². The lowest BCUT2D eigenvalue weighted by atomic mass is 9.97. The highest BCUT2D eigenvalue weighted by molar-refractivity contribution is 5.91. The first-order valence-corrected chi connectivity index (χ1v) is 10.9. The number of amides is 1. The fraction of sp³-hybridized carbons (Fsp3) is 0.208. The van der Waals surface area contributed by atoms with Crippen molar-refractivity contribution >= 4 is 16.9 Å². The lowest BCUT2D eigenvalue weighted by Gasteiger charge is -2.33. The number of imidazole rings is 1. The second kappa shape index (κ2) is 8.12. The number of alkyl halides is 2. The molecule has 9 nitrogen and oxygen atoms in total. The first kappa shape index (κ1) is 21.1. The number of para-hydroxylation sites is 1. The lowest BCUT2D eigenvalue weighted by Crippen LogP contribution is -2.41. The van der Waals surface area contributed by atoms with Gasteiger partial charge in [0.25, 0.3) is 12.3 Å². The van der Waals surface area contributed by atoms with Crippen molar-refractivity contribution < 1.29 is 22.4 Å². The molecule has 0 spiro atoms. The van der Waals surface area contributed by atoms with Gasteiger partial charge >= 0.3 is 11.8 Å². The van der Waals surface area contributed by atoms with Crippen LogP contribution in [0.3, 0.4) is 0 Å². The van der Waals surface area contributed by atoms with Crippen LogP contribution >= 0.6 is 0 Å². The molecule has 1 N–H and O–H groups in total. The molecule has 5 aromatic rings.